The van der Waals surface area contributed by atoms with Gasteiger partial charge in [-0.3, -0.25) is 10.2 Å². The minimum atomic E-state index is -0.472. The van der Waals surface area contributed by atoms with Crippen LogP contribution in [0.25, 0.3) is 6.08 Å². The van der Waals surface area contributed by atoms with E-state index < -0.39 is 5.91 Å². The predicted octanol–water partition coefficient (Wildman–Crippen LogP) is 1.52. The topological polar surface area (TPSA) is 67.5 Å². The Morgan fingerprint density at radius 3 is 3.00 bits per heavy atom. The first-order chi connectivity index (χ1) is 7.75. The monoisotopic (exact) mass is 213 g/mol. The van der Waals surface area contributed by atoms with Crippen molar-refractivity contribution in [2.24, 2.45) is 10.8 Å². The zero-order valence-corrected chi connectivity index (χ0v) is 8.55. The van der Waals surface area contributed by atoms with Gasteiger partial charge in [0.05, 0.1) is 11.9 Å². The fourth-order valence-electron chi connectivity index (χ4n) is 1.39. The lowest BCUT2D eigenvalue weighted by molar-refractivity contribution is -0.113. The second kappa shape index (κ2) is 4.44. The number of primary amides is 1. The first-order valence-corrected chi connectivity index (χ1v) is 4.83. The Morgan fingerprint density at radius 1 is 1.38 bits per heavy atom. The Bertz CT molecular complexity index is 501. The number of para-hydroxylation sites is 1. The lowest BCUT2D eigenvalue weighted by Crippen LogP contribution is -2.05. The summed E-state index contributed by atoms with van der Waals surface area (Å²) in [4.78, 5) is 10.6. The summed E-state index contributed by atoms with van der Waals surface area (Å²) in [5, 5.41) is 4.02. The maximum atomic E-state index is 10.6. The van der Waals surface area contributed by atoms with E-state index in [-0.39, 0.29) is 0 Å². The molecule has 0 saturated carbocycles. The van der Waals surface area contributed by atoms with Gasteiger partial charge in [0.25, 0.3) is 0 Å². The highest BCUT2D eigenvalue weighted by Gasteiger charge is 2.01. The van der Waals surface area contributed by atoms with Crippen molar-refractivity contribution in [2.45, 2.75) is 0 Å². The molecule has 0 aromatic heterocycles. The summed E-state index contributed by atoms with van der Waals surface area (Å²) in [7, 11) is 0. The average molecular weight is 213 g/mol. The number of carbonyl (C=O) groups is 1. The molecule has 1 aromatic rings. The number of hydrogen-bond acceptors (Lipinski definition) is 3. The van der Waals surface area contributed by atoms with E-state index in [4.69, 9.17) is 5.73 Å². The van der Waals surface area contributed by atoms with Gasteiger partial charge in [-0.1, -0.05) is 18.2 Å². The molecular weight excluding hydrogens is 202 g/mol. The number of hydrazone groups is 1. The van der Waals surface area contributed by atoms with Crippen molar-refractivity contribution in [3.63, 3.8) is 0 Å². The Kier molecular flexibility index (Phi) is 2.82. The second-order valence-corrected chi connectivity index (χ2v) is 3.34. The Hall–Kier alpha value is -2.36. The first-order valence-electron chi connectivity index (χ1n) is 4.83. The van der Waals surface area contributed by atoms with Gasteiger partial charge in [-0.25, -0.2) is 0 Å². The molecule has 0 bridgehead atoms. The fraction of sp³-hybridized carbons (Fsp3) is 0. The number of hydrogen-bond donors (Lipinski definition) is 2. The standard InChI is InChI=1S/C12H11N3O/c13-12(16)6-5-9-7-10-3-1-2-4-11(10)15-14-8-9/h1-8,15H,(H2,13,16). The average Bonchev–Trinajstić information content (AvgIpc) is 2.47. The third-order valence-electron chi connectivity index (χ3n) is 2.12. The Labute approximate surface area is 93.2 Å². The number of allylic oxidation sites excluding steroid dienone is 2. The van der Waals surface area contributed by atoms with E-state index in [1.807, 2.05) is 30.3 Å². The van der Waals surface area contributed by atoms with Crippen LogP contribution in [-0.4, -0.2) is 12.1 Å². The molecule has 0 spiro atoms. The SMILES string of the molecule is NC(=O)C=CC1=Cc2ccccc2NN=C1. The molecule has 1 amide bonds. The van der Waals surface area contributed by atoms with E-state index >= 15 is 0 Å². The van der Waals surface area contributed by atoms with Gasteiger partial charge in [-0.2, -0.15) is 5.10 Å². The lowest BCUT2D eigenvalue weighted by Gasteiger charge is -2.01. The highest BCUT2D eigenvalue weighted by Crippen LogP contribution is 2.20. The molecule has 0 radical (unpaired) electrons. The van der Waals surface area contributed by atoms with Gasteiger partial charge in [-0.15, -0.1) is 0 Å². The Morgan fingerprint density at radius 2 is 2.19 bits per heavy atom. The third kappa shape index (κ3) is 2.36. The molecule has 4 nitrogen and oxygen atoms in total. The van der Waals surface area contributed by atoms with Crippen molar-refractivity contribution in [2.75, 3.05) is 5.43 Å². The highest BCUT2D eigenvalue weighted by atomic mass is 16.1. The second-order valence-electron chi connectivity index (χ2n) is 3.34. The lowest BCUT2D eigenvalue weighted by atomic mass is 10.1. The van der Waals surface area contributed by atoms with Crippen LogP contribution in [0.1, 0.15) is 5.56 Å². The molecule has 80 valence electrons. The zero-order valence-electron chi connectivity index (χ0n) is 8.55. The van der Waals surface area contributed by atoms with Crippen LogP contribution in [-0.2, 0) is 4.79 Å². The van der Waals surface area contributed by atoms with Crippen LogP contribution in [0, 0.1) is 0 Å². The predicted molar refractivity (Wildman–Crippen MR) is 64.9 cm³/mol. The summed E-state index contributed by atoms with van der Waals surface area (Å²) in [5.41, 5.74) is 10.7. The summed E-state index contributed by atoms with van der Waals surface area (Å²) >= 11 is 0. The van der Waals surface area contributed by atoms with E-state index in [1.54, 1.807) is 12.3 Å². The number of amides is 1. The number of benzene rings is 1. The van der Waals surface area contributed by atoms with E-state index in [1.165, 1.54) is 6.08 Å². The molecule has 0 atom stereocenters. The van der Waals surface area contributed by atoms with Crippen LogP contribution in [0.5, 0.6) is 0 Å². The van der Waals surface area contributed by atoms with Gasteiger partial charge >= 0.3 is 0 Å². The van der Waals surface area contributed by atoms with Crippen LogP contribution in [0.4, 0.5) is 5.69 Å². The largest absolute Gasteiger partial charge is 0.366 e. The molecule has 1 aliphatic heterocycles. The molecule has 3 N–H and O–H groups in total. The normalized spacial score (nSPS) is 13.9. The van der Waals surface area contributed by atoms with Gasteiger partial charge in [0, 0.05) is 11.6 Å². The number of nitrogens with zero attached hydrogens (tertiary/aromatic N) is 1. The van der Waals surface area contributed by atoms with Crippen molar-refractivity contribution < 1.29 is 4.79 Å². The van der Waals surface area contributed by atoms with Crippen molar-refractivity contribution in [3.05, 3.63) is 47.6 Å². The molecular formula is C12H11N3O. The smallest absolute Gasteiger partial charge is 0.241 e. The molecule has 0 saturated heterocycles. The van der Waals surface area contributed by atoms with E-state index in [0.717, 1.165) is 16.8 Å². The van der Waals surface area contributed by atoms with Crippen LogP contribution in [0.2, 0.25) is 0 Å². The molecule has 0 aliphatic carbocycles. The number of carbonyl (C=O) groups excluding carboxylic acids is 1. The fourth-order valence-corrected chi connectivity index (χ4v) is 1.39. The van der Waals surface area contributed by atoms with Gasteiger partial charge in [0.2, 0.25) is 5.91 Å². The molecule has 0 unspecified atom stereocenters. The van der Waals surface area contributed by atoms with Crippen molar-refractivity contribution in [1.82, 2.24) is 0 Å². The quantitative estimate of drug-likeness (QED) is 0.731. The van der Waals surface area contributed by atoms with Crippen LogP contribution >= 0.6 is 0 Å². The van der Waals surface area contributed by atoms with Gasteiger partial charge in [-0.05, 0) is 23.8 Å². The van der Waals surface area contributed by atoms with Gasteiger partial charge in [0.1, 0.15) is 0 Å². The highest BCUT2D eigenvalue weighted by molar-refractivity contribution is 5.95. The molecule has 1 aromatic carbocycles. The molecule has 4 heteroatoms. The van der Waals surface area contributed by atoms with Crippen LogP contribution in [0.15, 0.2) is 47.1 Å². The van der Waals surface area contributed by atoms with Crippen molar-refractivity contribution in [1.29, 1.82) is 0 Å². The summed E-state index contributed by atoms with van der Waals surface area (Å²) in [6.07, 6.45) is 6.51. The van der Waals surface area contributed by atoms with Crippen LogP contribution < -0.4 is 11.2 Å². The maximum Gasteiger partial charge on any atom is 0.241 e. The van der Waals surface area contributed by atoms with Crippen molar-refractivity contribution in [3.8, 4) is 0 Å². The van der Waals surface area contributed by atoms with Gasteiger partial charge < -0.3 is 5.73 Å². The number of nitrogens with two attached hydrogens (primary N) is 1. The number of nitrogens with one attached hydrogen (secondary N) is 1. The summed E-state index contributed by atoms with van der Waals surface area (Å²) in [6.45, 7) is 0. The number of fused-ring (bicyclic) bond motifs is 1. The van der Waals surface area contributed by atoms with Crippen LogP contribution in [0.3, 0.4) is 0 Å². The minimum Gasteiger partial charge on any atom is -0.366 e. The molecule has 16 heavy (non-hydrogen) atoms. The maximum absolute atomic E-state index is 10.6. The van der Waals surface area contributed by atoms with E-state index in [0.29, 0.717) is 0 Å². The van der Waals surface area contributed by atoms with Gasteiger partial charge in [0.15, 0.2) is 0 Å². The Balaban J connectivity index is 2.35. The summed E-state index contributed by atoms with van der Waals surface area (Å²) < 4.78 is 0. The molecule has 1 aliphatic rings. The van der Waals surface area contributed by atoms with E-state index in [9.17, 15) is 4.79 Å². The molecule has 2 rings (SSSR count). The molecule has 1 heterocycles. The number of rotatable bonds is 2. The first kappa shape index (κ1) is 10.2. The molecule has 0 fully saturated rings. The van der Waals surface area contributed by atoms with Crippen molar-refractivity contribution >= 4 is 23.9 Å². The van der Waals surface area contributed by atoms with E-state index in [2.05, 4.69) is 10.5 Å². The summed E-state index contributed by atoms with van der Waals surface area (Å²) in [6, 6.07) is 7.77. The minimum absolute atomic E-state index is 0.472. The third-order valence-corrected chi connectivity index (χ3v) is 2.12. The number of anilines is 1. The zero-order chi connectivity index (χ0) is 11.4. The summed E-state index contributed by atoms with van der Waals surface area (Å²) in [5.74, 6) is -0.472.